The number of phenols is 2. The summed E-state index contributed by atoms with van der Waals surface area (Å²) in [7, 11) is 4.59. The van der Waals surface area contributed by atoms with Gasteiger partial charge in [0.25, 0.3) is 0 Å². The van der Waals surface area contributed by atoms with E-state index in [2.05, 4.69) is 52.3 Å². The largest absolute Gasteiger partial charge is 0.505 e. The monoisotopic (exact) mass is 1350 g/mol. The Morgan fingerprint density at radius 2 is 0.644 bits per heavy atom. The van der Waals surface area contributed by atoms with E-state index in [1.165, 1.54) is 91.9 Å². The van der Waals surface area contributed by atoms with E-state index in [-0.39, 0.29) is 39.4 Å². The normalized spacial score (nSPS) is 10.2. The van der Waals surface area contributed by atoms with Crippen molar-refractivity contribution in [1.29, 1.82) is 0 Å². The molecule has 9 aromatic rings. The highest BCUT2D eigenvalue weighted by molar-refractivity contribution is 9.10. The van der Waals surface area contributed by atoms with Crippen molar-refractivity contribution in [3.8, 4) is 44.9 Å². The molecule has 0 saturated carbocycles. The summed E-state index contributed by atoms with van der Waals surface area (Å²) < 4.78 is 171. The maximum atomic E-state index is 13.7. The number of phenolic OH excluding ortho intramolecular Hbond substituents is 2. The molecule has 0 aliphatic carbocycles. The van der Waals surface area contributed by atoms with Crippen LogP contribution in [-0.4, -0.2) is 55.6 Å². The lowest BCUT2D eigenvalue weighted by atomic mass is 9.80. The molecule has 460 valence electrons. The molecule has 87 heavy (non-hydrogen) atoms. The smallest absolute Gasteiger partial charge is 0.491 e. The van der Waals surface area contributed by atoms with Crippen molar-refractivity contribution >= 4 is 44.4 Å². The minimum atomic E-state index is -1.97. The molecule has 0 heterocycles. The predicted molar refractivity (Wildman–Crippen MR) is 320 cm³/mol. The van der Waals surface area contributed by atoms with Crippen LogP contribution in [0.2, 0.25) is 0 Å². The Kier molecular flexibility index (Phi) is 32.2. The lowest BCUT2D eigenvalue weighted by Crippen LogP contribution is -2.33. The Labute approximate surface area is 511 Å². The fraction of sp³-hybridized carbons (Fsp3) is 0.143. The number of azo groups is 2. The third-order valence-electron chi connectivity index (χ3n) is 11.4. The number of hydrogen-bond donors (Lipinski definition) is 4. The molecule has 0 bridgehead atoms. The Hall–Kier alpha value is -8.19. The van der Waals surface area contributed by atoms with Crippen molar-refractivity contribution in [3.05, 3.63) is 264 Å². The molecule has 0 amide bonds. The van der Waals surface area contributed by atoms with E-state index in [0.29, 0.717) is 37.9 Å². The van der Waals surface area contributed by atoms with Crippen molar-refractivity contribution in [2.75, 3.05) is 28.2 Å². The zero-order valence-electron chi connectivity index (χ0n) is 47.8. The molecular formula is C63H56BBr2F13N4O4. The molecule has 0 aliphatic heterocycles. The topological polar surface area (TPSA) is 130 Å². The Morgan fingerprint density at radius 3 is 1.01 bits per heavy atom. The van der Waals surface area contributed by atoms with Gasteiger partial charge in [-0.2, -0.15) is 24.8 Å². The molecule has 0 spiro atoms. The van der Waals surface area contributed by atoms with Crippen LogP contribution in [0.4, 0.5) is 57.1 Å². The zero-order valence-corrected chi connectivity index (χ0v) is 50.9. The van der Waals surface area contributed by atoms with Gasteiger partial charge in [-0.3, -0.25) is 0 Å². The second-order valence-corrected chi connectivity index (χ2v) is 19.4. The lowest BCUT2D eigenvalue weighted by Gasteiger charge is -2.07. The summed E-state index contributed by atoms with van der Waals surface area (Å²) in [6, 6.07) is 34.0. The summed E-state index contributed by atoms with van der Waals surface area (Å²) in [6.45, 7) is 8.03. The van der Waals surface area contributed by atoms with E-state index in [0.717, 1.165) is 34.8 Å². The van der Waals surface area contributed by atoms with Gasteiger partial charge in [0, 0.05) is 59.3 Å². The third-order valence-corrected chi connectivity index (χ3v) is 12.4. The van der Waals surface area contributed by atoms with Gasteiger partial charge in [-0.25, -0.2) is 52.7 Å². The quantitative estimate of drug-likeness (QED) is 0.0794. The van der Waals surface area contributed by atoms with Crippen LogP contribution in [0.1, 0.15) is 27.8 Å². The summed E-state index contributed by atoms with van der Waals surface area (Å²) in [4.78, 5) is 0. The molecule has 9 rings (SSSR count). The zero-order chi connectivity index (χ0) is 65.8. The van der Waals surface area contributed by atoms with E-state index in [4.69, 9.17) is 20.3 Å². The average Bonchev–Trinajstić information content (AvgIpc) is 3.47. The maximum Gasteiger partial charge on any atom is 0.491 e. The maximum absolute atomic E-state index is 13.7. The molecular weight excluding hydrogens is 1290 g/mol. The van der Waals surface area contributed by atoms with Gasteiger partial charge in [-0.05, 0) is 152 Å². The fourth-order valence-corrected chi connectivity index (χ4v) is 7.07. The first-order valence-electron chi connectivity index (χ1n) is 25.0. The number of aromatic hydroxyl groups is 2. The van der Waals surface area contributed by atoms with Gasteiger partial charge in [0.05, 0.1) is 0 Å². The standard InChI is InChI=1S/C14H11F3.C13H9F3O.C13H9F3.C7H6BrF.C6H5BF2O2.C6H4BrFO.2C2H6N2/c1-8-3-5-10(7-12(8)15)11-6-4-9(2)13(16)14(11)17;1-7-2-3-8(6-10(7)14)9-4-5-11(17)13(16)12(9)15;1-8-5-6-9(7-12(8)15)10-3-2-4-11(14)13(10)16;1-5-2-3-6(8)4-7(5)9;8-5-3-1-2-4(6(5)9)7(10)11;7-4-1-2-6(9)5(8)3-4;2*1-3-4-2/h3-7H,1-2H3;2-6,17H,1H3;2-7H,1H3;2-4H,1H3;1-3,10-11H;1-3,9H;2*1-2H3. The van der Waals surface area contributed by atoms with Crippen LogP contribution >= 0.6 is 31.9 Å². The van der Waals surface area contributed by atoms with Gasteiger partial charge in [0.2, 0.25) is 5.82 Å². The molecule has 8 nitrogen and oxygen atoms in total. The highest BCUT2D eigenvalue weighted by Crippen LogP contribution is 2.31. The van der Waals surface area contributed by atoms with Crippen molar-refractivity contribution in [3.63, 3.8) is 0 Å². The van der Waals surface area contributed by atoms with Gasteiger partial charge >= 0.3 is 7.12 Å². The van der Waals surface area contributed by atoms with Gasteiger partial charge in [-0.15, -0.1) is 0 Å². The van der Waals surface area contributed by atoms with Crippen LogP contribution in [0.25, 0.3) is 33.4 Å². The van der Waals surface area contributed by atoms with Crippen LogP contribution < -0.4 is 5.46 Å². The van der Waals surface area contributed by atoms with Gasteiger partial charge < -0.3 is 20.3 Å². The minimum absolute atomic E-state index is 0.0684. The first-order chi connectivity index (χ1) is 40.9. The third kappa shape index (κ3) is 23.9. The van der Waals surface area contributed by atoms with Crippen molar-refractivity contribution < 1.29 is 77.3 Å². The summed E-state index contributed by atoms with van der Waals surface area (Å²) >= 11 is 6.20. The molecule has 0 unspecified atom stereocenters. The summed E-state index contributed by atoms with van der Waals surface area (Å²) in [6.07, 6.45) is 0. The molecule has 0 saturated heterocycles. The molecule has 0 radical (unpaired) electrons. The van der Waals surface area contributed by atoms with Gasteiger partial charge in [0.1, 0.15) is 23.3 Å². The Morgan fingerprint density at radius 1 is 0.310 bits per heavy atom. The molecule has 0 aliphatic rings. The van der Waals surface area contributed by atoms with Crippen LogP contribution in [0, 0.1) is 110 Å². The van der Waals surface area contributed by atoms with E-state index >= 15 is 0 Å². The predicted octanol–water partition coefficient (Wildman–Crippen LogP) is 18.5. The number of benzene rings is 9. The number of nitrogens with zero attached hydrogens (tertiary/aromatic N) is 4. The summed E-state index contributed by atoms with van der Waals surface area (Å²) in [5, 5.41) is 48.0. The summed E-state index contributed by atoms with van der Waals surface area (Å²) in [5.41, 5.74) is 2.79. The highest BCUT2D eigenvalue weighted by Gasteiger charge is 2.19. The molecule has 0 atom stereocenters. The van der Waals surface area contributed by atoms with E-state index in [1.807, 2.05) is 6.07 Å². The van der Waals surface area contributed by atoms with E-state index < -0.39 is 88.1 Å². The number of aryl methyl sites for hydroxylation is 5. The van der Waals surface area contributed by atoms with Crippen LogP contribution in [0.5, 0.6) is 11.5 Å². The average molecular weight is 1350 g/mol. The highest BCUT2D eigenvalue weighted by atomic mass is 79.9. The molecule has 24 heteroatoms. The number of halogens is 15. The van der Waals surface area contributed by atoms with Crippen molar-refractivity contribution in [2.45, 2.75) is 34.6 Å². The number of rotatable bonds is 4. The molecule has 0 fully saturated rings. The van der Waals surface area contributed by atoms with Crippen LogP contribution in [0.3, 0.4) is 0 Å². The lowest BCUT2D eigenvalue weighted by molar-refractivity contribution is 0.408. The first-order valence-corrected chi connectivity index (χ1v) is 26.6. The van der Waals surface area contributed by atoms with Gasteiger partial charge in [-0.1, -0.05) is 111 Å². The molecule has 0 aromatic heterocycles. The van der Waals surface area contributed by atoms with Gasteiger partial charge in [0.15, 0.2) is 58.0 Å². The first kappa shape index (κ1) is 74.9. The van der Waals surface area contributed by atoms with E-state index in [1.54, 1.807) is 86.2 Å². The number of hydrogen-bond acceptors (Lipinski definition) is 8. The second kappa shape index (κ2) is 37.4. The Bertz CT molecular complexity index is 3600. The van der Waals surface area contributed by atoms with Crippen LogP contribution in [0.15, 0.2) is 181 Å². The van der Waals surface area contributed by atoms with Crippen molar-refractivity contribution in [2.24, 2.45) is 20.5 Å². The molecule has 9 aromatic carbocycles. The minimum Gasteiger partial charge on any atom is -0.505 e. The Balaban J connectivity index is 0.000000352. The SMILES string of the molecule is CN=NC.CN=NC.Cc1ccc(-c2ccc(C)c(F)c2F)cc1F.Cc1ccc(-c2ccc(O)c(F)c2F)cc1F.Cc1ccc(-c2cccc(F)c2F)cc1F.Cc1ccc(Br)cc1F.OB(O)c1cccc(F)c1F.Oc1ccc(Br)cc1F. The van der Waals surface area contributed by atoms with Crippen LogP contribution in [-0.2, 0) is 0 Å². The van der Waals surface area contributed by atoms with E-state index in [9.17, 15) is 57.1 Å². The van der Waals surface area contributed by atoms with Crippen molar-refractivity contribution in [1.82, 2.24) is 0 Å². The fourth-order valence-electron chi connectivity index (χ4n) is 6.41. The second-order valence-electron chi connectivity index (χ2n) is 17.6. The molecule has 4 N–H and O–H groups in total. The summed E-state index contributed by atoms with van der Waals surface area (Å²) in [5.74, 6) is -11.7.